The van der Waals surface area contributed by atoms with Crippen LogP contribution in [0.4, 0.5) is 0 Å². The van der Waals surface area contributed by atoms with Crippen molar-refractivity contribution in [3.8, 4) is 0 Å². The lowest BCUT2D eigenvalue weighted by Gasteiger charge is -2.44. The molecule has 3 rings (SSSR count). The molecule has 2 aliphatic rings. The second kappa shape index (κ2) is 5.26. The summed E-state index contributed by atoms with van der Waals surface area (Å²) >= 11 is 0. The summed E-state index contributed by atoms with van der Waals surface area (Å²) < 4.78 is 5.77. The summed E-state index contributed by atoms with van der Waals surface area (Å²) in [5.41, 5.74) is 3.30. The second-order valence-corrected chi connectivity index (χ2v) is 6.27. The van der Waals surface area contributed by atoms with Gasteiger partial charge in [-0.2, -0.15) is 0 Å². The monoisotopic (exact) mass is 259 g/mol. The normalized spacial score (nSPS) is 25.1. The minimum absolute atomic E-state index is 0.178. The Morgan fingerprint density at radius 1 is 1.37 bits per heavy atom. The van der Waals surface area contributed by atoms with Gasteiger partial charge in [0.2, 0.25) is 0 Å². The highest BCUT2D eigenvalue weighted by atomic mass is 16.5. The van der Waals surface area contributed by atoms with Gasteiger partial charge in [0.05, 0.1) is 5.60 Å². The first-order valence-electron chi connectivity index (χ1n) is 7.56. The third-order valence-corrected chi connectivity index (χ3v) is 5.25. The van der Waals surface area contributed by atoms with Crippen LogP contribution in [0.3, 0.4) is 0 Å². The quantitative estimate of drug-likeness (QED) is 0.846. The zero-order valence-electron chi connectivity index (χ0n) is 12.1. The van der Waals surface area contributed by atoms with E-state index in [4.69, 9.17) is 4.74 Å². The maximum absolute atomic E-state index is 5.77. The fourth-order valence-electron chi connectivity index (χ4n) is 3.73. The molecule has 2 nitrogen and oxygen atoms in total. The molecule has 0 aliphatic heterocycles. The van der Waals surface area contributed by atoms with Crippen LogP contribution in [0.15, 0.2) is 24.3 Å². The molecule has 104 valence electrons. The van der Waals surface area contributed by atoms with Gasteiger partial charge in [-0.25, -0.2) is 0 Å². The van der Waals surface area contributed by atoms with E-state index >= 15 is 0 Å². The van der Waals surface area contributed by atoms with Gasteiger partial charge in [-0.05, 0) is 62.6 Å². The Morgan fingerprint density at radius 3 is 2.74 bits per heavy atom. The summed E-state index contributed by atoms with van der Waals surface area (Å²) in [5.74, 6) is 0.752. The van der Waals surface area contributed by atoms with Crippen molar-refractivity contribution in [2.75, 3.05) is 14.2 Å². The van der Waals surface area contributed by atoms with Crippen LogP contribution < -0.4 is 5.32 Å². The molecular formula is C17H25NO. The zero-order chi connectivity index (χ0) is 13.3. The third-order valence-electron chi connectivity index (χ3n) is 5.25. The Labute approximate surface area is 116 Å². The number of hydrogen-bond donors (Lipinski definition) is 1. The van der Waals surface area contributed by atoms with E-state index in [1.165, 1.54) is 38.5 Å². The Hall–Kier alpha value is -0.860. The van der Waals surface area contributed by atoms with Crippen LogP contribution in [0.5, 0.6) is 0 Å². The molecule has 1 aromatic rings. The molecule has 0 spiro atoms. The molecule has 1 aromatic carbocycles. The topological polar surface area (TPSA) is 21.3 Å². The number of methoxy groups -OCH3 is 1. The largest absolute Gasteiger partial charge is 0.378 e. The fraction of sp³-hybridized carbons (Fsp3) is 0.647. The van der Waals surface area contributed by atoms with E-state index in [1.807, 2.05) is 7.11 Å². The minimum Gasteiger partial charge on any atom is -0.378 e. The van der Waals surface area contributed by atoms with Crippen LogP contribution in [0, 0.1) is 0 Å². The Kier molecular flexibility index (Phi) is 3.64. The number of ether oxygens (including phenoxy) is 1. The van der Waals surface area contributed by atoms with E-state index in [-0.39, 0.29) is 5.60 Å². The van der Waals surface area contributed by atoms with Crippen molar-refractivity contribution < 1.29 is 4.74 Å². The molecule has 1 saturated carbocycles. The van der Waals surface area contributed by atoms with Gasteiger partial charge in [0.1, 0.15) is 0 Å². The molecule has 0 saturated heterocycles. The number of hydrogen-bond acceptors (Lipinski definition) is 2. The summed E-state index contributed by atoms with van der Waals surface area (Å²) in [7, 11) is 3.97. The van der Waals surface area contributed by atoms with Crippen LogP contribution in [0.25, 0.3) is 0 Å². The van der Waals surface area contributed by atoms with Crippen molar-refractivity contribution >= 4 is 0 Å². The number of fused-ring (bicyclic) bond motifs is 1. The number of nitrogens with one attached hydrogen (secondary N) is 1. The fourth-order valence-corrected chi connectivity index (χ4v) is 3.73. The van der Waals surface area contributed by atoms with Crippen molar-refractivity contribution in [3.63, 3.8) is 0 Å². The van der Waals surface area contributed by atoms with Crippen LogP contribution in [-0.2, 0) is 11.2 Å². The zero-order valence-corrected chi connectivity index (χ0v) is 12.1. The van der Waals surface area contributed by atoms with Crippen molar-refractivity contribution in [2.45, 2.75) is 56.1 Å². The van der Waals surface area contributed by atoms with Gasteiger partial charge in [-0.1, -0.05) is 24.3 Å². The molecule has 1 fully saturated rings. The summed E-state index contributed by atoms with van der Waals surface area (Å²) in [5, 5.41) is 3.51. The van der Waals surface area contributed by atoms with E-state index in [0.29, 0.717) is 6.04 Å². The highest BCUT2D eigenvalue weighted by Crippen LogP contribution is 2.42. The molecule has 0 bridgehead atoms. The summed E-state index contributed by atoms with van der Waals surface area (Å²) in [6.07, 6.45) is 7.48. The average molecular weight is 259 g/mol. The molecule has 0 aromatic heterocycles. The van der Waals surface area contributed by atoms with Gasteiger partial charge in [0.15, 0.2) is 0 Å². The number of benzene rings is 1. The smallest absolute Gasteiger partial charge is 0.0693 e. The predicted molar refractivity (Wildman–Crippen MR) is 78.6 cm³/mol. The van der Waals surface area contributed by atoms with Gasteiger partial charge < -0.3 is 10.1 Å². The summed E-state index contributed by atoms with van der Waals surface area (Å²) in [6, 6.07) is 9.47. The van der Waals surface area contributed by atoms with Gasteiger partial charge in [0.25, 0.3) is 0 Å². The van der Waals surface area contributed by atoms with Gasteiger partial charge in [-0.3, -0.25) is 0 Å². The van der Waals surface area contributed by atoms with Crippen molar-refractivity contribution in [2.24, 2.45) is 0 Å². The molecule has 2 heteroatoms. The van der Waals surface area contributed by atoms with E-state index in [1.54, 1.807) is 11.1 Å². The minimum atomic E-state index is 0.178. The Balaban J connectivity index is 1.59. The molecule has 0 radical (unpaired) electrons. The highest BCUT2D eigenvalue weighted by Gasteiger charge is 2.39. The van der Waals surface area contributed by atoms with Gasteiger partial charge in [-0.15, -0.1) is 0 Å². The van der Waals surface area contributed by atoms with E-state index in [0.717, 1.165) is 5.92 Å². The summed E-state index contributed by atoms with van der Waals surface area (Å²) in [4.78, 5) is 0. The van der Waals surface area contributed by atoms with E-state index in [9.17, 15) is 0 Å². The van der Waals surface area contributed by atoms with Crippen LogP contribution >= 0.6 is 0 Å². The van der Waals surface area contributed by atoms with Crippen molar-refractivity contribution in [3.05, 3.63) is 35.4 Å². The van der Waals surface area contributed by atoms with Crippen LogP contribution in [-0.4, -0.2) is 25.8 Å². The first-order valence-corrected chi connectivity index (χ1v) is 7.56. The first-order chi connectivity index (χ1) is 9.26. The molecule has 2 unspecified atom stereocenters. The van der Waals surface area contributed by atoms with E-state index in [2.05, 4.69) is 36.6 Å². The van der Waals surface area contributed by atoms with Gasteiger partial charge in [0, 0.05) is 13.2 Å². The third kappa shape index (κ3) is 2.44. The van der Waals surface area contributed by atoms with E-state index < -0.39 is 0 Å². The van der Waals surface area contributed by atoms with Crippen molar-refractivity contribution in [1.29, 1.82) is 0 Å². The molecule has 0 heterocycles. The lowest BCUT2D eigenvalue weighted by Crippen LogP contribution is -2.46. The molecule has 2 atom stereocenters. The SMILES string of the molecule is CNC(CC1Cc2ccccc21)CC1(OC)CCC1. The highest BCUT2D eigenvalue weighted by molar-refractivity contribution is 5.39. The Bertz CT molecular complexity index is 433. The van der Waals surface area contributed by atoms with Crippen LogP contribution in [0.1, 0.15) is 49.1 Å². The molecule has 2 aliphatic carbocycles. The lowest BCUT2D eigenvalue weighted by molar-refractivity contribution is -0.0839. The average Bonchev–Trinajstić information content (AvgIpc) is 2.38. The number of rotatable bonds is 6. The van der Waals surface area contributed by atoms with Crippen molar-refractivity contribution in [1.82, 2.24) is 5.32 Å². The molecule has 0 amide bonds. The van der Waals surface area contributed by atoms with Crippen LogP contribution in [0.2, 0.25) is 0 Å². The van der Waals surface area contributed by atoms with Gasteiger partial charge >= 0.3 is 0 Å². The lowest BCUT2D eigenvalue weighted by atomic mass is 9.70. The maximum atomic E-state index is 5.77. The summed E-state index contributed by atoms with van der Waals surface area (Å²) in [6.45, 7) is 0. The predicted octanol–water partition coefficient (Wildman–Crippen LogP) is 3.26. The standard InChI is InChI=1S/C17H25NO/c1-18-15(12-17(19-2)8-5-9-17)11-14-10-13-6-3-4-7-16(13)14/h3-4,6-7,14-15,18H,5,8-12H2,1-2H3. The molecular weight excluding hydrogens is 234 g/mol. The maximum Gasteiger partial charge on any atom is 0.0693 e. The molecule has 19 heavy (non-hydrogen) atoms. The second-order valence-electron chi connectivity index (χ2n) is 6.27. The molecule has 1 N–H and O–H groups in total. The first kappa shape index (κ1) is 13.1. The Morgan fingerprint density at radius 2 is 2.16 bits per heavy atom.